The fraction of sp³-hybridized carbons (Fsp3) is 0.316. The van der Waals surface area contributed by atoms with E-state index in [9.17, 15) is 4.79 Å². The van der Waals surface area contributed by atoms with Crippen LogP contribution < -0.4 is 5.32 Å². The first-order valence-corrected chi connectivity index (χ1v) is 8.54. The van der Waals surface area contributed by atoms with Crippen molar-refractivity contribution in [2.75, 3.05) is 11.1 Å². The predicted octanol–water partition coefficient (Wildman–Crippen LogP) is 5.35. The van der Waals surface area contributed by atoms with Gasteiger partial charge in [-0.05, 0) is 41.0 Å². The standard InChI is InChI=1S/C19H23NOS/c1-5-22-17-9-7-6-8-16(17)20-18(21)14-10-12-15(13-11-14)19(2,3)4/h6-13H,5H2,1-4H3,(H,20,21). The van der Waals surface area contributed by atoms with E-state index in [1.165, 1.54) is 5.56 Å². The topological polar surface area (TPSA) is 29.1 Å². The van der Waals surface area contributed by atoms with Crippen LogP contribution in [0.5, 0.6) is 0 Å². The third-order valence-electron chi connectivity index (χ3n) is 3.45. The lowest BCUT2D eigenvalue weighted by atomic mass is 9.87. The van der Waals surface area contributed by atoms with Crippen molar-refractivity contribution in [2.45, 2.75) is 38.0 Å². The monoisotopic (exact) mass is 313 g/mol. The molecule has 0 saturated heterocycles. The van der Waals surface area contributed by atoms with Crippen molar-refractivity contribution < 1.29 is 4.79 Å². The van der Waals surface area contributed by atoms with Crippen LogP contribution >= 0.6 is 11.8 Å². The van der Waals surface area contributed by atoms with Crippen molar-refractivity contribution in [3.63, 3.8) is 0 Å². The number of benzene rings is 2. The zero-order valence-corrected chi connectivity index (χ0v) is 14.5. The van der Waals surface area contributed by atoms with E-state index in [4.69, 9.17) is 0 Å². The van der Waals surface area contributed by atoms with E-state index in [0.717, 1.165) is 16.3 Å². The van der Waals surface area contributed by atoms with Crippen molar-refractivity contribution in [1.82, 2.24) is 0 Å². The van der Waals surface area contributed by atoms with Crippen LogP contribution in [0.3, 0.4) is 0 Å². The fourth-order valence-corrected chi connectivity index (χ4v) is 2.93. The van der Waals surface area contributed by atoms with E-state index < -0.39 is 0 Å². The van der Waals surface area contributed by atoms with Crippen LogP contribution in [0, 0.1) is 0 Å². The predicted molar refractivity (Wildman–Crippen MR) is 95.9 cm³/mol. The van der Waals surface area contributed by atoms with Gasteiger partial charge in [0.25, 0.3) is 5.91 Å². The molecule has 0 fully saturated rings. The maximum absolute atomic E-state index is 12.4. The highest BCUT2D eigenvalue weighted by atomic mass is 32.2. The average molecular weight is 313 g/mol. The van der Waals surface area contributed by atoms with Crippen LogP contribution in [-0.4, -0.2) is 11.7 Å². The molecule has 22 heavy (non-hydrogen) atoms. The molecule has 0 aliphatic carbocycles. The Bertz CT molecular complexity index is 641. The van der Waals surface area contributed by atoms with Crippen molar-refractivity contribution >= 4 is 23.4 Å². The van der Waals surface area contributed by atoms with Crippen LogP contribution in [-0.2, 0) is 5.41 Å². The Morgan fingerprint density at radius 1 is 1.05 bits per heavy atom. The van der Waals surface area contributed by atoms with Gasteiger partial charge in [0, 0.05) is 10.5 Å². The van der Waals surface area contributed by atoms with E-state index in [-0.39, 0.29) is 11.3 Å². The number of hydrogen-bond acceptors (Lipinski definition) is 2. The van der Waals surface area contributed by atoms with Crippen LogP contribution in [0.1, 0.15) is 43.6 Å². The smallest absolute Gasteiger partial charge is 0.255 e. The van der Waals surface area contributed by atoms with Gasteiger partial charge in [0.05, 0.1) is 5.69 Å². The molecule has 0 atom stereocenters. The second-order valence-corrected chi connectivity index (χ2v) is 7.52. The van der Waals surface area contributed by atoms with E-state index in [2.05, 4.69) is 33.0 Å². The lowest BCUT2D eigenvalue weighted by Gasteiger charge is -2.19. The lowest BCUT2D eigenvalue weighted by molar-refractivity contribution is 0.102. The largest absolute Gasteiger partial charge is 0.321 e. The molecule has 2 nitrogen and oxygen atoms in total. The number of nitrogens with one attached hydrogen (secondary N) is 1. The van der Waals surface area contributed by atoms with Gasteiger partial charge in [-0.3, -0.25) is 4.79 Å². The normalized spacial score (nSPS) is 11.3. The van der Waals surface area contributed by atoms with Crippen LogP contribution in [0.2, 0.25) is 0 Å². The molecular weight excluding hydrogens is 290 g/mol. The summed E-state index contributed by atoms with van der Waals surface area (Å²) < 4.78 is 0. The number of rotatable bonds is 4. The van der Waals surface area contributed by atoms with Gasteiger partial charge < -0.3 is 5.32 Å². The van der Waals surface area contributed by atoms with Crippen LogP contribution in [0.4, 0.5) is 5.69 Å². The summed E-state index contributed by atoms with van der Waals surface area (Å²) in [4.78, 5) is 13.5. The molecule has 3 heteroatoms. The molecule has 2 rings (SSSR count). The number of anilines is 1. The Morgan fingerprint density at radius 3 is 2.27 bits per heavy atom. The lowest BCUT2D eigenvalue weighted by Crippen LogP contribution is -2.14. The molecule has 2 aromatic rings. The number of carbonyl (C=O) groups excluding carboxylic acids is 1. The summed E-state index contributed by atoms with van der Waals surface area (Å²) in [6.45, 7) is 8.61. The molecule has 0 aliphatic heterocycles. The zero-order valence-electron chi connectivity index (χ0n) is 13.6. The van der Waals surface area contributed by atoms with Crippen LogP contribution in [0.15, 0.2) is 53.4 Å². The third-order valence-corrected chi connectivity index (χ3v) is 4.40. The fourth-order valence-electron chi connectivity index (χ4n) is 2.17. The van der Waals surface area contributed by atoms with Gasteiger partial charge in [-0.25, -0.2) is 0 Å². The summed E-state index contributed by atoms with van der Waals surface area (Å²) >= 11 is 1.73. The summed E-state index contributed by atoms with van der Waals surface area (Å²) in [5, 5.41) is 3.01. The molecule has 0 aromatic heterocycles. The molecular formula is C19H23NOS. The zero-order chi connectivity index (χ0) is 16.2. The van der Waals surface area contributed by atoms with Gasteiger partial charge in [-0.1, -0.05) is 52.0 Å². The number of para-hydroxylation sites is 1. The Kier molecular flexibility index (Phi) is 5.30. The number of carbonyl (C=O) groups is 1. The van der Waals surface area contributed by atoms with E-state index in [1.807, 2.05) is 48.5 Å². The van der Waals surface area contributed by atoms with Crippen molar-refractivity contribution in [3.8, 4) is 0 Å². The van der Waals surface area contributed by atoms with Gasteiger partial charge in [-0.15, -0.1) is 11.8 Å². The molecule has 1 amide bonds. The average Bonchev–Trinajstić information content (AvgIpc) is 2.49. The summed E-state index contributed by atoms with van der Waals surface area (Å²) in [6, 6.07) is 15.8. The second-order valence-electron chi connectivity index (χ2n) is 6.21. The highest BCUT2D eigenvalue weighted by Crippen LogP contribution is 2.27. The van der Waals surface area contributed by atoms with Gasteiger partial charge in [0.15, 0.2) is 0 Å². The highest BCUT2D eigenvalue weighted by molar-refractivity contribution is 7.99. The minimum atomic E-state index is -0.0652. The molecule has 0 heterocycles. The van der Waals surface area contributed by atoms with Crippen molar-refractivity contribution in [3.05, 3.63) is 59.7 Å². The number of hydrogen-bond donors (Lipinski definition) is 1. The van der Waals surface area contributed by atoms with E-state index >= 15 is 0 Å². The minimum absolute atomic E-state index is 0.0652. The summed E-state index contributed by atoms with van der Waals surface area (Å²) in [7, 11) is 0. The Balaban J connectivity index is 2.16. The van der Waals surface area contributed by atoms with E-state index in [1.54, 1.807) is 11.8 Å². The third kappa shape index (κ3) is 4.14. The maximum atomic E-state index is 12.4. The first-order chi connectivity index (χ1) is 10.4. The number of thioether (sulfide) groups is 1. The molecule has 0 bridgehead atoms. The highest BCUT2D eigenvalue weighted by Gasteiger charge is 2.14. The molecule has 116 valence electrons. The maximum Gasteiger partial charge on any atom is 0.255 e. The molecule has 0 spiro atoms. The molecule has 0 unspecified atom stereocenters. The molecule has 2 aromatic carbocycles. The van der Waals surface area contributed by atoms with Crippen molar-refractivity contribution in [2.24, 2.45) is 0 Å². The minimum Gasteiger partial charge on any atom is -0.321 e. The summed E-state index contributed by atoms with van der Waals surface area (Å²) in [5.41, 5.74) is 2.88. The van der Waals surface area contributed by atoms with Gasteiger partial charge in [-0.2, -0.15) is 0 Å². The number of amides is 1. The van der Waals surface area contributed by atoms with Crippen molar-refractivity contribution in [1.29, 1.82) is 0 Å². The Labute approximate surface area is 137 Å². The quantitative estimate of drug-likeness (QED) is 0.771. The van der Waals surface area contributed by atoms with Gasteiger partial charge >= 0.3 is 0 Å². The van der Waals surface area contributed by atoms with Gasteiger partial charge in [0.2, 0.25) is 0 Å². The summed E-state index contributed by atoms with van der Waals surface area (Å²) in [5.74, 6) is 0.914. The molecule has 0 radical (unpaired) electrons. The summed E-state index contributed by atoms with van der Waals surface area (Å²) in [6.07, 6.45) is 0. The van der Waals surface area contributed by atoms with E-state index in [0.29, 0.717) is 5.56 Å². The first-order valence-electron chi connectivity index (χ1n) is 7.55. The van der Waals surface area contributed by atoms with Crippen LogP contribution in [0.25, 0.3) is 0 Å². The molecule has 0 aliphatic rings. The Hall–Kier alpha value is -1.74. The first kappa shape index (κ1) is 16.6. The van der Waals surface area contributed by atoms with Gasteiger partial charge in [0.1, 0.15) is 0 Å². The molecule has 1 N–H and O–H groups in total. The Morgan fingerprint density at radius 2 is 1.68 bits per heavy atom. The molecule has 0 saturated carbocycles. The SMILES string of the molecule is CCSc1ccccc1NC(=O)c1ccc(C(C)(C)C)cc1. The second kappa shape index (κ2) is 7.01.